The summed E-state index contributed by atoms with van der Waals surface area (Å²) in [5, 5.41) is 7.68. The van der Waals surface area contributed by atoms with E-state index >= 15 is 0 Å². The van der Waals surface area contributed by atoms with Gasteiger partial charge in [-0.15, -0.1) is 5.10 Å². The van der Waals surface area contributed by atoms with Crippen molar-refractivity contribution in [1.29, 1.82) is 0 Å². The number of ether oxygens (including phenoxy) is 6. The first-order chi connectivity index (χ1) is 29.5. The predicted octanol–water partition coefficient (Wildman–Crippen LogP) is 8.83. The molecule has 5 atom stereocenters. The molecule has 61 heavy (non-hydrogen) atoms. The Balaban J connectivity index is 1.33. The molecule has 1 aliphatic rings. The summed E-state index contributed by atoms with van der Waals surface area (Å²) in [5.41, 5.74) is 4.31. The van der Waals surface area contributed by atoms with Gasteiger partial charge in [0, 0.05) is 22.2 Å². The summed E-state index contributed by atoms with van der Waals surface area (Å²) >= 11 is 3.55. The maximum atomic E-state index is 14.0. The van der Waals surface area contributed by atoms with E-state index in [0.29, 0.717) is 12.0 Å². The lowest BCUT2D eigenvalue weighted by molar-refractivity contribution is -0.276. The van der Waals surface area contributed by atoms with E-state index in [1.165, 1.54) is 0 Å². The van der Waals surface area contributed by atoms with Crippen LogP contribution in [0.3, 0.4) is 0 Å². The summed E-state index contributed by atoms with van der Waals surface area (Å²) in [6.45, 7) is 5.53. The van der Waals surface area contributed by atoms with E-state index in [9.17, 15) is 19.2 Å². The van der Waals surface area contributed by atoms with Crippen molar-refractivity contribution in [1.82, 2.24) is 10.2 Å². The third kappa shape index (κ3) is 10.4. The third-order valence-electron chi connectivity index (χ3n) is 10.1. The van der Waals surface area contributed by atoms with Gasteiger partial charge in [0.1, 0.15) is 12.7 Å². The molecule has 13 heteroatoms. The van der Waals surface area contributed by atoms with Gasteiger partial charge in [-0.25, -0.2) is 19.2 Å². The second kappa shape index (κ2) is 19.7. The Bertz CT molecular complexity index is 2440. The lowest BCUT2D eigenvalue weighted by atomic mass is 9.96. The molecule has 1 N–H and O–H groups in total. The summed E-state index contributed by atoms with van der Waals surface area (Å²) in [6, 6.07) is 38.8. The van der Waals surface area contributed by atoms with Crippen LogP contribution in [0.15, 0.2) is 144 Å². The Morgan fingerprint density at radius 2 is 1.13 bits per heavy atom. The molecule has 1 aromatic heterocycles. The quantitative estimate of drug-likeness (QED) is 0.0825. The van der Waals surface area contributed by atoms with Gasteiger partial charge in [0.15, 0.2) is 12.2 Å². The molecule has 0 saturated carbocycles. The summed E-state index contributed by atoms with van der Waals surface area (Å²) < 4.78 is 38.6. The topological polar surface area (TPSA) is 152 Å². The number of H-pyrrole nitrogens is 1. The molecular formula is C48H43BrN2O10. The van der Waals surface area contributed by atoms with Crippen molar-refractivity contribution in [3.05, 3.63) is 189 Å². The number of nitrogens with zero attached hydrogens (tertiary/aromatic N) is 1. The van der Waals surface area contributed by atoms with Crippen LogP contribution < -0.4 is 4.74 Å². The minimum atomic E-state index is -1.59. The van der Waals surface area contributed by atoms with Gasteiger partial charge >= 0.3 is 23.9 Å². The molecule has 0 aliphatic carbocycles. The zero-order valence-electron chi connectivity index (χ0n) is 33.6. The van der Waals surface area contributed by atoms with Crippen LogP contribution in [0, 0.1) is 6.92 Å². The number of halogens is 1. The van der Waals surface area contributed by atoms with Crippen molar-refractivity contribution in [2.24, 2.45) is 0 Å². The Labute approximate surface area is 361 Å². The number of carbonyl (C=O) groups is 4. The highest BCUT2D eigenvalue weighted by Crippen LogP contribution is 2.35. The van der Waals surface area contributed by atoms with Crippen LogP contribution in [-0.2, 0) is 30.1 Å². The van der Waals surface area contributed by atoms with Crippen LogP contribution in [0.4, 0.5) is 0 Å². The Morgan fingerprint density at radius 3 is 1.62 bits per heavy atom. The monoisotopic (exact) mass is 886 g/mol. The van der Waals surface area contributed by atoms with Crippen LogP contribution in [0.2, 0.25) is 0 Å². The average Bonchev–Trinajstić information content (AvgIpc) is 3.68. The number of hydrogen-bond acceptors (Lipinski definition) is 11. The van der Waals surface area contributed by atoms with Crippen LogP contribution in [0.25, 0.3) is 0 Å². The van der Waals surface area contributed by atoms with E-state index in [0.717, 1.165) is 21.3 Å². The van der Waals surface area contributed by atoms with Gasteiger partial charge in [-0.1, -0.05) is 109 Å². The first-order valence-corrected chi connectivity index (χ1v) is 20.5. The van der Waals surface area contributed by atoms with Crippen molar-refractivity contribution in [2.45, 2.75) is 63.8 Å². The molecule has 5 unspecified atom stereocenters. The van der Waals surface area contributed by atoms with Gasteiger partial charge < -0.3 is 28.4 Å². The summed E-state index contributed by atoms with van der Waals surface area (Å²) in [6.07, 6.45) is -7.20. The SMILES string of the molecule is Cc1cc(Br)ccc1Cc1c(OC2OC(COC(=O)c3ccccc3)C(OC(=O)c3ccccc3)C(OC(=O)c3ccccc3)C2OC(=O)c2ccccc2)n[nH]c1C(C)C. The fraction of sp³-hybridized carbons (Fsp3) is 0.229. The van der Waals surface area contributed by atoms with Crippen LogP contribution in [0.5, 0.6) is 5.88 Å². The molecule has 5 aromatic carbocycles. The van der Waals surface area contributed by atoms with Gasteiger partial charge in [-0.3, -0.25) is 5.10 Å². The number of benzene rings is 5. The molecule has 0 radical (unpaired) electrons. The standard InChI is InChI=1S/C48H43BrN2O10/c1-29(2)39-37(27-35-24-25-36(49)26-30(35)3)43(51-50-39)61-48-42(60-47(55)34-22-14-7-15-23-34)41(59-46(54)33-20-12-6-13-21-33)40(58-45(53)32-18-10-5-11-19-32)38(57-48)28-56-44(52)31-16-8-4-9-17-31/h4-26,29,38,40-42,48H,27-28H2,1-3H3,(H,50,51). The van der Waals surface area contributed by atoms with Crippen molar-refractivity contribution in [2.75, 3.05) is 6.61 Å². The number of aromatic amines is 1. The van der Waals surface area contributed by atoms with Crippen molar-refractivity contribution in [3.8, 4) is 5.88 Å². The number of aromatic nitrogens is 2. The fourth-order valence-corrected chi connectivity index (χ4v) is 7.36. The Morgan fingerprint density at radius 1 is 0.656 bits per heavy atom. The van der Waals surface area contributed by atoms with Crippen molar-refractivity contribution in [3.63, 3.8) is 0 Å². The van der Waals surface area contributed by atoms with Crippen LogP contribution in [0.1, 0.15) is 83.6 Å². The summed E-state index contributed by atoms with van der Waals surface area (Å²) in [4.78, 5) is 55.3. The van der Waals surface area contributed by atoms with Gasteiger partial charge in [0.2, 0.25) is 18.3 Å². The number of nitrogens with one attached hydrogen (secondary N) is 1. The maximum Gasteiger partial charge on any atom is 0.338 e. The highest BCUT2D eigenvalue weighted by Gasteiger charge is 2.54. The van der Waals surface area contributed by atoms with E-state index in [1.807, 2.05) is 39.0 Å². The molecule has 12 nitrogen and oxygen atoms in total. The van der Waals surface area contributed by atoms with Crippen molar-refractivity contribution >= 4 is 39.8 Å². The smallest absolute Gasteiger partial charge is 0.338 e. The Hall–Kier alpha value is -6.57. The number of carbonyl (C=O) groups excluding carboxylic acids is 4. The van der Waals surface area contributed by atoms with Gasteiger partial charge in [0.25, 0.3) is 0 Å². The number of hydrogen-bond donors (Lipinski definition) is 1. The predicted molar refractivity (Wildman–Crippen MR) is 227 cm³/mol. The average molecular weight is 888 g/mol. The molecule has 1 saturated heterocycles. The van der Waals surface area contributed by atoms with Crippen molar-refractivity contribution < 1.29 is 47.6 Å². The molecule has 312 valence electrons. The Kier molecular flexibility index (Phi) is 13.7. The molecule has 7 rings (SSSR count). The van der Waals surface area contributed by atoms with E-state index in [4.69, 9.17) is 28.4 Å². The normalized spacial score (nSPS) is 18.5. The van der Waals surface area contributed by atoms with Crippen LogP contribution in [-0.4, -0.2) is 71.4 Å². The highest BCUT2D eigenvalue weighted by atomic mass is 79.9. The zero-order valence-corrected chi connectivity index (χ0v) is 35.2. The van der Waals surface area contributed by atoms with Gasteiger partial charge in [0.05, 0.1) is 22.3 Å². The first-order valence-electron chi connectivity index (χ1n) is 19.7. The third-order valence-corrected chi connectivity index (χ3v) is 10.6. The lowest BCUT2D eigenvalue weighted by Crippen LogP contribution is -2.64. The number of esters is 4. The minimum absolute atomic E-state index is 0.0129. The van der Waals surface area contributed by atoms with Gasteiger partial charge in [-0.2, -0.15) is 0 Å². The lowest BCUT2D eigenvalue weighted by Gasteiger charge is -2.44. The second-order valence-electron chi connectivity index (χ2n) is 14.7. The van der Waals surface area contributed by atoms with E-state index < -0.39 is 61.2 Å². The first kappa shape index (κ1) is 42.6. The highest BCUT2D eigenvalue weighted by molar-refractivity contribution is 9.10. The summed E-state index contributed by atoms with van der Waals surface area (Å²) in [5.74, 6) is -3.00. The fourth-order valence-electron chi connectivity index (χ4n) is 6.89. The van der Waals surface area contributed by atoms with Gasteiger partial charge in [-0.05, 0) is 84.6 Å². The van der Waals surface area contributed by atoms with E-state index in [1.54, 1.807) is 121 Å². The second-order valence-corrected chi connectivity index (χ2v) is 15.6. The maximum absolute atomic E-state index is 14.0. The molecular weight excluding hydrogens is 844 g/mol. The van der Waals surface area contributed by atoms with E-state index in [2.05, 4.69) is 26.1 Å². The number of rotatable bonds is 14. The largest absolute Gasteiger partial charge is 0.459 e. The molecule has 0 bridgehead atoms. The molecule has 1 aliphatic heterocycles. The van der Waals surface area contributed by atoms with E-state index in [-0.39, 0.29) is 34.1 Å². The molecule has 2 heterocycles. The number of aryl methyl sites for hydroxylation is 1. The molecule has 0 amide bonds. The summed E-state index contributed by atoms with van der Waals surface area (Å²) in [7, 11) is 0. The van der Waals surface area contributed by atoms with Crippen LogP contribution >= 0.6 is 15.9 Å². The molecule has 0 spiro atoms. The molecule has 1 fully saturated rings. The minimum Gasteiger partial charge on any atom is -0.459 e. The molecule has 6 aromatic rings. The zero-order chi connectivity index (χ0) is 42.9.